The Morgan fingerprint density at radius 3 is 2.50 bits per heavy atom. The molecule has 0 amide bonds. The van der Waals surface area contributed by atoms with Gasteiger partial charge in [-0.15, -0.1) is 0 Å². The second kappa shape index (κ2) is 8.87. The summed E-state index contributed by atoms with van der Waals surface area (Å²) in [6, 6.07) is 16.9. The predicted octanol–water partition coefficient (Wildman–Crippen LogP) is 4.95. The molecule has 1 N–H and O–H groups in total. The molecule has 2 aliphatic rings. The number of nitrogens with zero attached hydrogens (tertiary/aromatic N) is 1. The summed E-state index contributed by atoms with van der Waals surface area (Å²) in [6.45, 7) is 6.25. The molecule has 0 unspecified atom stereocenters. The molecule has 0 spiro atoms. The first-order chi connectivity index (χ1) is 15.6. The van der Waals surface area contributed by atoms with Crippen LogP contribution in [0.15, 0.2) is 57.7 Å². The molecule has 32 heavy (non-hydrogen) atoms. The Morgan fingerprint density at radius 2 is 1.78 bits per heavy atom. The molecule has 2 aromatic carbocycles. The van der Waals surface area contributed by atoms with E-state index in [1.807, 2.05) is 12.1 Å². The molecule has 1 aromatic heterocycles. The highest BCUT2D eigenvalue weighted by molar-refractivity contribution is 5.72. The lowest BCUT2D eigenvalue weighted by atomic mass is 9.68. The molecule has 5 heteroatoms. The van der Waals surface area contributed by atoms with Gasteiger partial charge in [-0.2, -0.15) is 0 Å². The van der Waals surface area contributed by atoms with E-state index in [1.54, 1.807) is 0 Å². The minimum absolute atomic E-state index is 0.111. The molecule has 3 aromatic rings. The Hall–Kier alpha value is -2.37. The topological polar surface area (TPSA) is 58.5 Å². The molecule has 1 aliphatic heterocycles. The quantitative estimate of drug-likeness (QED) is 0.518. The average molecular weight is 435 g/mol. The third kappa shape index (κ3) is 4.28. The Labute approximate surface area is 189 Å². The van der Waals surface area contributed by atoms with Crippen molar-refractivity contribution < 1.29 is 9.15 Å². The minimum atomic E-state index is -0.386. The van der Waals surface area contributed by atoms with Crippen LogP contribution in [-0.4, -0.2) is 41.7 Å². The van der Waals surface area contributed by atoms with Crippen LogP contribution in [0.1, 0.15) is 50.2 Å². The van der Waals surface area contributed by atoms with Gasteiger partial charge >= 0.3 is 5.76 Å². The molecule has 170 valence electrons. The summed E-state index contributed by atoms with van der Waals surface area (Å²) >= 11 is 0. The highest BCUT2D eigenvalue weighted by Crippen LogP contribution is 2.59. The molecule has 5 nitrogen and oxygen atoms in total. The first kappa shape index (κ1) is 21.5. The SMILES string of the molecule is CCOC1(C2(CCc3ccccc3)CCN(CCc3ccc4[nH]c(=O)oc4c3)CC2)CC1. The zero-order valence-electron chi connectivity index (χ0n) is 19.1. The number of H-pyrrole nitrogens is 1. The van der Waals surface area contributed by atoms with Crippen molar-refractivity contribution in [3.05, 3.63) is 70.2 Å². The van der Waals surface area contributed by atoms with Crippen molar-refractivity contribution in [2.75, 3.05) is 26.2 Å². The van der Waals surface area contributed by atoms with Crippen LogP contribution in [0.5, 0.6) is 0 Å². The van der Waals surface area contributed by atoms with Crippen molar-refractivity contribution >= 4 is 11.1 Å². The third-order valence-electron chi connectivity index (χ3n) is 7.84. The number of rotatable bonds is 9. The number of aromatic nitrogens is 1. The van der Waals surface area contributed by atoms with E-state index < -0.39 is 0 Å². The molecule has 1 aliphatic carbocycles. The van der Waals surface area contributed by atoms with Gasteiger partial charge in [0, 0.05) is 18.6 Å². The molecule has 0 radical (unpaired) electrons. The second-order valence-corrected chi connectivity index (χ2v) is 9.63. The van der Waals surface area contributed by atoms with E-state index in [0.717, 1.165) is 44.6 Å². The Morgan fingerprint density at radius 1 is 1.00 bits per heavy atom. The summed E-state index contributed by atoms with van der Waals surface area (Å²) in [4.78, 5) is 16.7. The number of ether oxygens (including phenoxy) is 1. The van der Waals surface area contributed by atoms with Crippen molar-refractivity contribution in [1.82, 2.24) is 9.88 Å². The van der Waals surface area contributed by atoms with Crippen LogP contribution in [-0.2, 0) is 17.6 Å². The lowest BCUT2D eigenvalue weighted by Crippen LogP contribution is -2.49. The molecular formula is C27H34N2O3. The maximum atomic E-state index is 11.4. The smallest absolute Gasteiger partial charge is 0.408 e. The molecule has 0 atom stereocenters. The minimum Gasteiger partial charge on any atom is -0.408 e. The molecule has 0 bridgehead atoms. The van der Waals surface area contributed by atoms with Crippen LogP contribution in [0.4, 0.5) is 0 Å². The number of benzene rings is 2. The number of oxazole rings is 1. The fourth-order valence-electron chi connectivity index (χ4n) is 5.82. The van der Waals surface area contributed by atoms with Crippen molar-refractivity contribution in [2.24, 2.45) is 5.41 Å². The molecule has 5 rings (SSSR count). The van der Waals surface area contributed by atoms with Gasteiger partial charge < -0.3 is 14.1 Å². The zero-order chi connectivity index (χ0) is 22.0. The number of fused-ring (bicyclic) bond motifs is 1. The standard InChI is InChI=1S/C27H34N2O3/c1-2-31-27(13-14-27)26(12-10-21-6-4-3-5-7-21)15-18-29(19-16-26)17-11-22-8-9-23-24(20-22)32-25(30)28-23/h3-9,20H,2,10-19H2,1H3,(H,28,30). The second-order valence-electron chi connectivity index (χ2n) is 9.63. The van der Waals surface area contributed by atoms with Gasteiger partial charge in [-0.3, -0.25) is 4.98 Å². The number of aromatic amines is 1. The van der Waals surface area contributed by atoms with Gasteiger partial charge in [0.05, 0.1) is 11.1 Å². The fourth-order valence-corrected chi connectivity index (χ4v) is 5.82. The van der Waals surface area contributed by atoms with Gasteiger partial charge in [-0.1, -0.05) is 36.4 Å². The van der Waals surface area contributed by atoms with Gasteiger partial charge in [-0.25, -0.2) is 4.79 Å². The highest BCUT2D eigenvalue weighted by atomic mass is 16.5. The molecule has 2 heterocycles. The van der Waals surface area contributed by atoms with Gasteiger partial charge in [0.1, 0.15) is 0 Å². The van der Waals surface area contributed by atoms with Crippen molar-refractivity contribution in [2.45, 2.75) is 57.5 Å². The molecule has 2 fully saturated rings. The normalized spacial score (nSPS) is 19.9. The van der Waals surface area contributed by atoms with E-state index in [1.165, 1.54) is 43.2 Å². The molecular weight excluding hydrogens is 400 g/mol. The maximum absolute atomic E-state index is 11.4. The summed E-state index contributed by atoms with van der Waals surface area (Å²) in [5.74, 6) is -0.386. The number of aryl methyl sites for hydroxylation is 1. The largest absolute Gasteiger partial charge is 0.417 e. The number of nitrogens with one attached hydrogen (secondary N) is 1. The van der Waals surface area contributed by atoms with Gasteiger partial charge in [-0.05, 0) is 88.2 Å². The lowest BCUT2D eigenvalue weighted by Gasteiger charge is -2.47. The summed E-state index contributed by atoms with van der Waals surface area (Å²) in [5, 5.41) is 0. The fraction of sp³-hybridized carbons (Fsp3) is 0.519. The summed E-state index contributed by atoms with van der Waals surface area (Å²) < 4.78 is 11.6. The van der Waals surface area contributed by atoms with Crippen LogP contribution in [0.25, 0.3) is 11.1 Å². The first-order valence-electron chi connectivity index (χ1n) is 12.1. The van der Waals surface area contributed by atoms with E-state index in [9.17, 15) is 4.79 Å². The van der Waals surface area contributed by atoms with Crippen LogP contribution >= 0.6 is 0 Å². The Kier molecular flexibility index (Phi) is 5.95. The van der Waals surface area contributed by atoms with E-state index in [2.05, 4.69) is 53.2 Å². The van der Waals surface area contributed by atoms with E-state index in [4.69, 9.17) is 9.15 Å². The van der Waals surface area contributed by atoms with Crippen molar-refractivity contribution in [3.8, 4) is 0 Å². The van der Waals surface area contributed by atoms with E-state index >= 15 is 0 Å². The first-order valence-corrected chi connectivity index (χ1v) is 12.1. The lowest BCUT2D eigenvalue weighted by molar-refractivity contribution is -0.0913. The third-order valence-corrected chi connectivity index (χ3v) is 7.84. The van der Waals surface area contributed by atoms with Gasteiger partial charge in [0.2, 0.25) is 0 Å². The van der Waals surface area contributed by atoms with Crippen LogP contribution < -0.4 is 5.76 Å². The number of hydrogen-bond donors (Lipinski definition) is 1. The number of likely N-dealkylation sites (tertiary alicyclic amines) is 1. The zero-order valence-corrected chi connectivity index (χ0v) is 19.1. The average Bonchev–Trinajstić information content (AvgIpc) is 3.51. The monoisotopic (exact) mass is 434 g/mol. The van der Waals surface area contributed by atoms with Crippen LogP contribution in [0.3, 0.4) is 0 Å². The van der Waals surface area contributed by atoms with Gasteiger partial charge in [0.15, 0.2) is 5.58 Å². The number of hydrogen-bond acceptors (Lipinski definition) is 4. The van der Waals surface area contributed by atoms with E-state index in [-0.39, 0.29) is 11.4 Å². The van der Waals surface area contributed by atoms with Crippen LogP contribution in [0, 0.1) is 5.41 Å². The summed E-state index contributed by atoms with van der Waals surface area (Å²) in [7, 11) is 0. The van der Waals surface area contributed by atoms with Crippen LogP contribution in [0.2, 0.25) is 0 Å². The number of piperidine rings is 1. The predicted molar refractivity (Wildman–Crippen MR) is 127 cm³/mol. The van der Waals surface area contributed by atoms with Gasteiger partial charge in [0.25, 0.3) is 0 Å². The van der Waals surface area contributed by atoms with Crippen molar-refractivity contribution in [1.29, 1.82) is 0 Å². The Bertz CT molecular complexity index is 1090. The highest BCUT2D eigenvalue weighted by Gasteiger charge is 2.60. The Balaban J connectivity index is 1.22. The molecule has 1 saturated heterocycles. The van der Waals surface area contributed by atoms with Crippen molar-refractivity contribution in [3.63, 3.8) is 0 Å². The van der Waals surface area contributed by atoms with E-state index in [0.29, 0.717) is 11.0 Å². The maximum Gasteiger partial charge on any atom is 0.417 e. The molecule has 1 saturated carbocycles. The summed E-state index contributed by atoms with van der Waals surface area (Å²) in [5.41, 5.74) is 4.48. The summed E-state index contributed by atoms with van der Waals surface area (Å²) in [6.07, 6.45) is 8.19.